The van der Waals surface area contributed by atoms with Gasteiger partial charge in [0.2, 0.25) is 0 Å². The number of rotatable bonds is 4. The minimum Gasteiger partial charge on any atom is -0.377 e. The largest absolute Gasteiger partial charge is 0.377 e. The Kier molecular flexibility index (Phi) is 5.43. The molecule has 0 aliphatic rings. The first kappa shape index (κ1) is 15.8. The molecule has 106 valence electrons. The van der Waals surface area contributed by atoms with Crippen LogP contribution in [0.3, 0.4) is 0 Å². The van der Waals surface area contributed by atoms with E-state index in [-0.39, 0.29) is 11.9 Å². The van der Waals surface area contributed by atoms with Crippen LogP contribution < -0.4 is 11.1 Å². The van der Waals surface area contributed by atoms with E-state index in [1.165, 1.54) is 6.07 Å². The molecule has 0 spiro atoms. The summed E-state index contributed by atoms with van der Waals surface area (Å²) in [5, 5.41) is 3.85. The summed E-state index contributed by atoms with van der Waals surface area (Å²) in [6.45, 7) is 0.342. The molecule has 1 atom stereocenters. The number of hydrogen-bond acceptors (Lipinski definition) is 2. The van der Waals surface area contributed by atoms with E-state index in [9.17, 15) is 4.39 Å². The summed E-state index contributed by atoms with van der Waals surface area (Å²) in [5.74, 6) is -0.309. The average Bonchev–Trinajstić information content (AvgIpc) is 2.43. The van der Waals surface area contributed by atoms with Crippen molar-refractivity contribution >= 4 is 49.1 Å². The van der Waals surface area contributed by atoms with Crippen molar-refractivity contribution in [1.29, 1.82) is 0 Å². The van der Waals surface area contributed by atoms with Gasteiger partial charge in [0, 0.05) is 16.7 Å². The van der Waals surface area contributed by atoms with Gasteiger partial charge in [-0.25, -0.2) is 4.39 Å². The third-order valence-corrected chi connectivity index (χ3v) is 4.72. The van der Waals surface area contributed by atoms with E-state index in [1.54, 1.807) is 12.1 Å². The van der Waals surface area contributed by atoms with E-state index in [0.29, 0.717) is 16.0 Å². The maximum absolute atomic E-state index is 13.6. The Labute approximate surface area is 138 Å². The van der Waals surface area contributed by atoms with E-state index < -0.39 is 0 Å². The summed E-state index contributed by atoms with van der Waals surface area (Å²) < 4.78 is 14.8. The van der Waals surface area contributed by atoms with Crippen LogP contribution >= 0.6 is 43.5 Å². The fraction of sp³-hybridized carbons (Fsp3) is 0.143. The molecule has 2 rings (SSSR count). The van der Waals surface area contributed by atoms with E-state index in [1.807, 2.05) is 18.2 Å². The third-order valence-electron chi connectivity index (χ3n) is 2.84. The minimum absolute atomic E-state index is 0.185. The van der Waals surface area contributed by atoms with Crippen LogP contribution in [0.5, 0.6) is 0 Å². The first-order chi connectivity index (χ1) is 9.51. The zero-order chi connectivity index (χ0) is 14.7. The van der Waals surface area contributed by atoms with Gasteiger partial charge in [0.1, 0.15) is 5.82 Å². The zero-order valence-electron chi connectivity index (χ0n) is 10.3. The van der Waals surface area contributed by atoms with E-state index in [0.717, 1.165) is 15.7 Å². The molecule has 0 aliphatic heterocycles. The molecule has 3 N–H and O–H groups in total. The molecule has 6 heteroatoms. The highest BCUT2D eigenvalue weighted by Crippen LogP contribution is 2.28. The lowest BCUT2D eigenvalue weighted by Crippen LogP contribution is -2.20. The van der Waals surface area contributed by atoms with Crippen LogP contribution in [0, 0.1) is 5.82 Å². The lowest BCUT2D eigenvalue weighted by Gasteiger charge is -2.19. The second-order valence-corrected chi connectivity index (χ2v) is 6.35. The number of hydrogen-bond donors (Lipinski definition) is 2. The second-order valence-electron chi connectivity index (χ2n) is 4.24. The molecule has 0 aliphatic carbocycles. The monoisotopic (exact) mass is 420 g/mol. The molecule has 0 radical (unpaired) electrons. The fourth-order valence-corrected chi connectivity index (χ4v) is 2.47. The van der Waals surface area contributed by atoms with Gasteiger partial charge in [0.05, 0.1) is 15.5 Å². The summed E-state index contributed by atoms with van der Waals surface area (Å²) in [6.07, 6.45) is 0. The molecule has 0 amide bonds. The van der Waals surface area contributed by atoms with Gasteiger partial charge >= 0.3 is 0 Å². The normalized spacial score (nSPS) is 12.2. The second kappa shape index (κ2) is 6.89. The highest BCUT2D eigenvalue weighted by atomic mass is 79.9. The Morgan fingerprint density at radius 1 is 1.15 bits per heavy atom. The Morgan fingerprint density at radius 3 is 2.45 bits per heavy atom. The highest BCUT2D eigenvalue weighted by molar-refractivity contribution is 9.10. The lowest BCUT2D eigenvalue weighted by atomic mass is 10.1. The average molecular weight is 423 g/mol. The van der Waals surface area contributed by atoms with Gasteiger partial charge in [-0.15, -0.1) is 0 Å². The SMILES string of the molecule is NCC(Nc1ccc(Br)c(Cl)c1)c1ccc(Br)c(F)c1. The Balaban J connectivity index is 2.23. The molecule has 2 nitrogen and oxygen atoms in total. The van der Waals surface area contributed by atoms with Crippen LogP contribution in [0.25, 0.3) is 0 Å². The van der Waals surface area contributed by atoms with Crippen molar-refractivity contribution in [3.05, 3.63) is 61.7 Å². The summed E-state index contributed by atoms with van der Waals surface area (Å²) in [4.78, 5) is 0. The molecule has 2 aromatic carbocycles. The molecular formula is C14H12Br2ClFN2. The van der Waals surface area contributed by atoms with E-state index >= 15 is 0 Å². The van der Waals surface area contributed by atoms with Gasteiger partial charge in [-0.2, -0.15) is 0 Å². The molecule has 0 saturated heterocycles. The molecular weight excluding hydrogens is 410 g/mol. The Morgan fingerprint density at radius 2 is 1.85 bits per heavy atom. The molecule has 0 heterocycles. The van der Waals surface area contributed by atoms with Crippen molar-refractivity contribution in [3.63, 3.8) is 0 Å². The summed E-state index contributed by atoms with van der Waals surface area (Å²) in [6, 6.07) is 10.3. The molecule has 1 unspecified atom stereocenters. The van der Waals surface area contributed by atoms with Crippen LogP contribution in [0.1, 0.15) is 11.6 Å². The van der Waals surface area contributed by atoms with Crippen LogP contribution in [0.2, 0.25) is 5.02 Å². The van der Waals surface area contributed by atoms with Crippen molar-refractivity contribution in [2.75, 3.05) is 11.9 Å². The molecule has 0 aromatic heterocycles. The van der Waals surface area contributed by atoms with Crippen molar-refractivity contribution in [1.82, 2.24) is 0 Å². The number of benzene rings is 2. The number of halogens is 4. The molecule has 0 saturated carbocycles. The van der Waals surface area contributed by atoms with Crippen LogP contribution in [0.15, 0.2) is 45.3 Å². The van der Waals surface area contributed by atoms with Gasteiger partial charge in [-0.05, 0) is 67.8 Å². The quantitative estimate of drug-likeness (QED) is 0.718. The topological polar surface area (TPSA) is 38.0 Å². The maximum Gasteiger partial charge on any atom is 0.137 e. The van der Waals surface area contributed by atoms with Crippen LogP contribution in [-0.4, -0.2) is 6.54 Å². The smallest absolute Gasteiger partial charge is 0.137 e. The predicted molar refractivity (Wildman–Crippen MR) is 88.7 cm³/mol. The number of anilines is 1. The molecule has 20 heavy (non-hydrogen) atoms. The van der Waals surface area contributed by atoms with E-state index in [4.69, 9.17) is 17.3 Å². The van der Waals surface area contributed by atoms with Gasteiger partial charge in [-0.3, -0.25) is 0 Å². The van der Waals surface area contributed by atoms with E-state index in [2.05, 4.69) is 37.2 Å². The van der Waals surface area contributed by atoms with Crippen molar-refractivity contribution in [3.8, 4) is 0 Å². The zero-order valence-corrected chi connectivity index (χ0v) is 14.3. The lowest BCUT2D eigenvalue weighted by molar-refractivity contribution is 0.615. The number of nitrogens with one attached hydrogen (secondary N) is 1. The predicted octanol–water partition coefficient (Wildman–Crippen LogP) is 5.12. The highest BCUT2D eigenvalue weighted by Gasteiger charge is 2.12. The first-order valence-electron chi connectivity index (χ1n) is 5.88. The Hall–Kier alpha value is -0.620. The third kappa shape index (κ3) is 3.73. The summed E-state index contributed by atoms with van der Waals surface area (Å²) in [7, 11) is 0. The van der Waals surface area contributed by atoms with Crippen LogP contribution in [0.4, 0.5) is 10.1 Å². The van der Waals surface area contributed by atoms with Crippen molar-refractivity contribution < 1.29 is 4.39 Å². The Bertz CT molecular complexity index is 622. The first-order valence-corrected chi connectivity index (χ1v) is 7.84. The van der Waals surface area contributed by atoms with Gasteiger partial charge in [-0.1, -0.05) is 17.7 Å². The molecule has 0 fully saturated rings. The fourth-order valence-electron chi connectivity index (χ4n) is 1.79. The van der Waals surface area contributed by atoms with Crippen molar-refractivity contribution in [2.24, 2.45) is 5.73 Å². The van der Waals surface area contributed by atoms with Gasteiger partial charge < -0.3 is 11.1 Å². The minimum atomic E-state index is -0.309. The van der Waals surface area contributed by atoms with Crippen LogP contribution in [-0.2, 0) is 0 Å². The molecule has 2 aromatic rings. The standard InChI is InChI=1S/C14H12Br2ClFN2/c15-10-4-2-9(6-12(10)17)20-14(7-19)8-1-3-11(16)13(18)5-8/h1-6,14,20H,7,19H2. The molecule has 0 bridgehead atoms. The maximum atomic E-state index is 13.6. The summed E-state index contributed by atoms with van der Waals surface area (Å²) in [5.41, 5.74) is 7.38. The van der Waals surface area contributed by atoms with Gasteiger partial charge in [0.15, 0.2) is 0 Å². The van der Waals surface area contributed by atoms with Gasteiger partial charge in [0.25, 0.3) is 0 Å². The summed E-state index contributed by atoms with van der Waals surface area (Å²) >= 11 is 12.5. The van der Waals surface area contributed by atoms with Crippen molar-refractivity contribution in [2.45, 2.75) is 6.04 Å². The number of nitrogens with two attached hydrogens (primary N) is 1.